The van der Waals surface area contributed by atoms with Crippen LogP contribution in [-0.2, 0) is 6.54 Å². The Labute approximate surface area is 102 Å². The van der Waals surface area contributed by atoms with E-state index in [4.69, 9.17) is 5.73 Å². The van der Waals surface area contributed by atoms with Gasteiger partial charge in [0.2, 0.25) is 0 Å². The van der Waals surface area contributed by atoms with Crippen LogP contribution in [0.5, 0.6) is 0 Å². The summed E-state index contributed by atoms with van der Waals surface area (Å²) in [6, 6.07) is 3.07. The molecule has 1 fully saturated rings. The van der Waals surface area contributed by atoms with E-state index in [9.17, 15) is 0 Å². The molecule has 0 amide bonds. The average molecular weight is 238 g/mol. The molecule has 1 aromatic rings. The fraction of sp³-hybridized carbons (Fsp3) is 0.692. The molecule has 1 aliphatic rings. The highest BCUT2D eigenvalue weighted by molar-refractivity contribution is 7.07. The Morgan fingerprint density at radius 3 is 2.88 bits per heavy atom. The van der Waals surface area contributed by atoms with Crippen molar-refractivity contribution in [3.8, 4) is 0 Å². The van der Waals surface area contributed by atoms with E-state index in [0.29, 0.717) is 5.92 Å². The molecule has 90 valence electrons. The summed E-state index contributed by atoms with van der Waals surface area (Å²) in [4.78, 5) is 2.63. The lowest BCUT2D eigenvalue weighted by Gasteiger charge is -2.26. The minimum absolute atomic E-state index is 0.666. The Morgan fingerprint density at radius 2 is 2.38 bits per heavy atom. The number of rotatable bonds is 7. The molecule has 1 aromatic heterocycles. The van der Waals surface area contributed by atoms with Crippen LogP contribution in [0.25, 0.3) is 0 Å². The first-order valence-electron chi connectivity index (χ1n) is 6.28. The van der Waals surface area contributed by atoms with Crippen molar-refractivity contribution in [1.29, 1.82) is 0 Å². The van der Waals surface area contributed by atoms with Crippen LogP contribution < -0.4 is 5.73 Å². The predicted molar refractivity (Wildman–Crippen MR) is 70.6 cm³/mol. The van der Waals surface area contributed by atoms with E-state index >= 15 is 0 Å². The minimum atomic E-state index is 0.666. The lowest BCUT2D eigenvalue weighted by Crippen LogP contribution is -2.33. The molecule has 0 aromatic carbocycles. The molecule has 2 rings (SSSR count). The number of thiophene rings is 1. The van der Waals surface area contributed by atoms with Crippen LogP contribution in [0.3, 0.4) is 0 Å². The van der Waals surface area contributed by atoms with Crippen molar-refractivity contribution < 1.29 is 0 Å². The van der Waals surface area contributed by atoms with Gasteiger partial charge in [0.15, 0.2) is 0 Å². The summed E-state index contributed by atoms with van der Waals surface area (Å²) in [6.45, 7) is 5.36. The van der Waals surface area contributed by atoms with E-state index < -0.39 is 0 Å². The molecule has 1 aliphatic carbocycles. The largest absolute Gasteiger partial charge is 0.330 e. The monoisotopic (exact) mass is 238 g/mol. The summed E-state index contributed by atoms with van der Waals surface area (Å²) in [5.41, 5.74) is 7.26. The van der Waals surface area contributed by atoms with Gasteiger partial charge in [-0.25, -0.2) is 0 Å². The second-order valence-corrected chi connectivity index (χ2v) is 5.58. The van der Waals surface area contributed by atoms with E-state index in [0.717, 1.165) is 19.1 Å². The van der Waals surface area contributed by atoms with Crippen LogP contribution in [0, 0.1) is 5.92 Å². The van der Waals surface area contributed by atoms with Crippen LogP contribution >= 0.6 is 11.3 Å². The van der Waals surface area contributed by atoms with Gasteiger partial charge in [0.25, 0.3) is 0 Å². The molecule has 1 saturated carbocycles. The molecular formula is C13H22N2S. The molecule has 0 saturated heterocycles. The van der Waals surface area contributed by atoms with Gasteiger partial charge in [-0.2, -0.15) is 11.3 Å². The van der Waals surface area contributed by atoms with Gasteiger partial charge < -0.3 is 5.73 Å². The third-order valence-corrected chi connectivity index (χ3v) is 4.16. The quantitative estimate of drug-likeness (QED) is 0.791. The first-order valence-corrected chi connectivity index (χ1v) is 7.23. The van der Waals surface area contributed by atoms with Gasteiger partial charge in [0.05, 0.1) is 0 Å². The Kier molecular flexibility index (Phi) is 4.38. The summed E-state index contributed by atoms with van der Waals surface area (Å²) in [6.07, 6.45) is 3.96. The van der Waals surface area contributed by atoms with Gasteiger partial charge in [-0.3, -0.25) is 4.90 Å². The number of hydrogen-bond acceptors (Lipinski definition) is 3. The third-order valence-electron chi connectivity index (χ3n) is 3.43. The van der Waals surface area contributed by atoms with Gasteiger partial charge in [0, 0.05) is 19.1 Å². The summed E-state index contributed by atoms with van der Waals surface area (Å²) in [5.74, 6) is 0.666. The topological polar surface area (TPSA) is 29.3 Å². The highest BCUT2D eigenvalue weighted by Gasteiger charge is 2.29. The summed E-state index contributed by atoms with van der Waals surface area (Å²) in [5, 5.41) is 4.43. The number of nitrogens with zero attached hydrogens (tertiary/aromatic N) is 1. The van der Waals surface area contributed by atoms with Gasteiger partial charge in [0.1, 0.15) is 0 Å². The Bertz CT molecular complexity index is 289. The zero-order valence-corrected chi connectivity index (χ0v) is 10.9. The van der Waals surface area contributed by atoms with E-state index in [-0.39, 0.29) is 0 Å². The van der Waals surface area contributed by atoms with Crippen molar-refractivity contribution in [3.05, 3.63) is 22.4 Å². The van der Waals surface area contributed by atoms with Crippen molar-refractivity contribution >= 4 is 11.3 Å². The molecule has 2 nitrogen and oxygen atoms in total. The van der Waals surface area contributed by atoms with Crippen LogP contribution in [0.1, 0.15) is 31.7 Å². The SMILES string of the molecule is CCC(CN)CN(Cc1ccsc1)C1CC1. The standard InChI is InChI=1S/C13H22N2S/c1-2-11(7-14)8-15(13-3-4-13)9-12-5-6-16-10-12/h5-6,10-11,13H,2-4,7-9,14H2,1H3. The predicted octanol–water partition coefficient (Wildman–Crippen LogP) is 2.70. The van der Waals surface area contributed by atoms with Crippen LogP contribution in [0.2, 0.25) is 0 Å². The minimum Gasteiger partial charge on any atom is -0.330 e. The fourth-order valence-corrected chi connectivity index (χ4v) is 2.76. The molecule has 2 N–H and O–H groups in total. The fourth-order valence-electron chi connectivity index (χ4n) is 2.10. The average Bonchev–Trinajstić information content (AvgIpc) is 3.03. The lowest BCUT2D eigenvalue weighted by molar-refractivity contribution is 0.212. The Morgan fingerprint density at radius 1 is 1.56 bits per heavy atom. The van der Waals surface area contributed by atoms with E-state index in [1.54, 1.807) is 11.3 Å². The van der Waals surface area contributed by atoms with Crippen LogP contribution in [-0.4, -0.2) is 24.0 Å². The Hall–Kier alpha value is -0.380. The highest BCUT2D eigenvalue weighted by atomic mass is 32.1. The summed E-state index contributed by atoms with van der Waals surface area (Å²) < 4.78 is 0. The van der Waals surface area contributed by atoms with Gasteiger partial charge in [-0.05, 0) is 47.7 Å². The normalized spacial score (nSPS) is 17.9. The van der Waals surface area contributed by atoms with Crippen LogP contribution in [0.4, 0.5) is 0 Å². The molecule has 1 heterocycles. The van der Waals surface area contributed by atoms with Crippen molar-refractivity contribution in [3.63, 3.8) is 0 Å². The summed E-state index contributed by atoms with van der Waals surface area (Å²) in [7, 11) is 0. The van der Waals surface area contributed by atoms with Gasteiger partial charge in [-0.15, -0.1) is 0 Å². The third kappa shape index (κ3) is 3.30. The van der Waals surface area contributed by atoms with Crippen LogP contribution in [0.15, 0.2) is 16.8 Å². The van der Waals surface area contributed by atoms with Crippen molar-refractivity contribution in [2.24, 2.45) is 11.7 Å². The van der Waals surface area contributed by atoms with E-state index in [2.05, 4.69) is 28.7 Å². The lowest BCUT2D eigenvalue weighted by atomic mass is 10.1. The van der Waals surface area contributed by atoms with Crippen molar-refractivity contribution in [2.45, 2.75) is 38.8 Å². The smallest absolute Gasteiger partial charge is 0.0245 e. The molecule has 16 heavy (non-hydrogen) atoms. The molecule has 1 unspecified atom stereocenters. The highest BCUT2D eigenvalue weighted by Crippen LogP contribution is 2.29. The maximum absolute atomic E-state index is 5.80. The molecular weight excluding hydrogens is 216 g/mol. The molecule has 3 heteroatoms. The molecule has 0 radical (unpaired) electrons. The maximum atomic E-state index is 5.80. The zero-order chi connectivity index (χ0) is 11.4. The number of hydrogen-bond donors (Lipinski definition) is 1. The molecule has 0 spiro atoms. The second kappa shape index (κ2) is 5.80. The Balaban J connectivity index is 1.89. The van der Waals surface area contributed by atoms with Gasteiger partial charge >= 0.3 is 0 Å². The summed E-state index contributed by atoms with van der Waals surface area (Å²) >= 11 is 1.79. The van der Waals surface area contributed by atoms with E-state index in [1.165, 1.54) is 31.4 Å². The first kappa shape index (κ1) is 12.1. The van der Waals surface area contributed by atoms with Gasteiger partial charge in [-0.1, -0.05) is 13.3 Å². The molecule has 1 atom stereocenters. The second-order valence-electron chi connectivity index (χ2n) is 4.80. The molecule has 0 aliphatic heterocycles. The zero-order valence-electron chi connectivity index (χ0n) is 10.1. The maximum Gasteiger partial charge on any atom is 0.0245 e. The molecule has 0 bridgehead atoms. The van der Waals surface area contributed by atoms with Crippen molar-refractivity contribution in [1.82, 2.24) is 4.90 Å². The number of nitrogens with two attached hydrogens (primary N) is 1. The first-order chi connectivity index (χ1) is 7.83. The van der Waals surface area contributed by atoms with Crippen molar-refractivity contribution in [2.75, 3.05) is 13.1 Å². The van der Waals surface area contributed by atoms with E-state index in [1.807, 2.05) is 0 Å².